The zero-order valence-electron chi connectivity index (χ0n) is 14.5. The van der Waals surface area contributed by atoms with Crippen LogP contribution >= 0.6 is 11.6 Å². The van der Waals surface area contributed by atoms with E-state index in [0.29, 0.717) is 25.9 Å². The molecule has 0 aliphatic carbocycles. The smallest absolute Gasteiger partial charge is 0.410 e. The first-order valence-corrected chi connectivity index (χ1v) is 8.94. The molecule has 1 aliphatic heterocycles. The number of piperidine rings is 1. The van der Waals surface area contributed by atoms with Crippen molar-refractivity contribution in [3.8, 4) is 0 Å². The molecule has 6 nitrogen and oxygen atoms in total. The van der Waals surface area contributed by atoms with E-state index < -0.39 is 11.9 Å². The molecule has 0 spiro atoms. The number of aromatic nitrogens is 1. The Morgan fingerprint density at radius 3 is 2.59 bits per heavy atom. The van der Waals surface area contributed by atoms with Gasteiger partial charge in [-0.05, 0) is 18.4 Å². The number of benzene rings is 1. The first-order valence-electron chi connectivity index (χ1n) is 8.56. The van der Waals surface area contributed by atoms with Crippen molar-refractivity contribution in [2.45, 2.75) is 19.4 Å². The zero-order chi connectivity index (χ0) is 19.4. The van der Waals surface area contributed by atoms with Crippen LogP contribution < -0.4 is 5.73 Å². The van der Waals surface area contributed by atoms with Gasteiger partial charge in [0.15, 0.2) is 16.8 Å². The number of amides is 1. The predicted octanol–water partition coefficient (Wildman–Crippen LogP) is 3.69. The van der Waals surface area contributed by atoms with Crippen LogP contribution in [0, 0.1) is 11.7 Å². The topological polar surface area (TPSA) is 85.5 Å². The van der Waals surface area contributed by atoms with Crippen molar-refractivity contribution in [1.29, 1.82) is 0 Å². The first-order chi connectivity index (χ1) is 13.0. The molecule has 0 unspecified atom stereocenters. The third-order valence-electron chi connectivity index (χ3n) is 4.61. The summed E-state index contributed by atoms with van der Waals surface area (Å²) in [6.07, 6.45) is 1.68. The van der Waals surface area contributed by atoms with Crippen molar-refractivity contribution in [2.24, 2.45) is 5.92 Å². The molecule has 1 fully saturated rings. The minimum absolute atomic E-state index is 0.0296. The summed E-state index contributed by atoms with van der Waals surface area (Å²) in [4.78, 5) is 30.0. The largest absolute Gasteiger partial charge is 0.445 e. The SMILES string of the molecule is Nc1c(C(=O)C2CCN(C(=O)OCc3ccccc3)CC2)cnc(Cl)c1F. The van der Waals surface area contributed by atoms with Crippen molar-refractivity contribution in [3.63, 3.8) is 0 Å². The van der Waals surface area contributed by atoms with Crippen molar-refractivity contribution < 1.29 is 18.7 Å². The molecule has 0 saturated carbocycles. The van der Waals surface area contributed by atoms with Crippen molar-refractivity contribution in [2.75, 3.05) is 18.8 Å². The summed E-state index contributed by atoms with van der Waals surface area (Å²) in [5.41, 5.74) is 6.31. The molecule has 8 heteroatoms. The molecule has 1 aromatic heterocycles. The summed E-state index contributed by atoms with van der Waals surface area (Å²) in [5.74, 6) is -1.52. The summed E-state index contributed by atoms with van der Waals surface area (Å²) in [6, 6.07) is 9.40. The molecule has 0 radical (unpaired) electrons. The van der Waals surface area contributed by atoms with Crippen LogP contribution in [0.5, 0.6) is 0 Å². The normalized spacial score (nSPS) is 14.8. The van der Waals surface area contributed by atoms with Gasteiger partial charge in [0.1, 0.15) is 6.61 Å². The predicted molar refractivity (Wildman–Crippen MR) is 98.9 cm³/mol. The second-order valence-electron chi connectivity index (χ2n) is 6.36. The van der Waals surface area contributed by atoms with Gasteiger partial charge in [-0.15, -0.1) is 0 Å². The number of rotatable bonds is 4. The van der Waals surface area contributed by atoms with E-state index in [1.54, 1.807) is 4.90 Å². The molecular weight excluding hydrogens is 373 g/mol. The summed E-state index contributed by atoms with van der Waals surface area (Å²) in [5, 5.41) is -0.361. The number of nitrogens with zero attached hydrogens (tertiary/aromatic N) is 2. The van der Waals surface area contributed by atoms with E-state index in [9.17, 15) is 14.0 Å². The second kappa shape index (κ2) is 8.35. The molecule has 1 aliphatic rings. The third kappa shape index (κ3) is 4.36. The molecule has 0 bridgehead atoms. The number of hydrogen-bond acceptors (Lipinski definition) is 5. The second-order valence-corrected chi connectivity index (χ2v) is 6.71. The molecule has 2 N–H and O–H groups in total. The average molecular weight is 392 g/mol. The Balaban J connectivity index is 1.54. The van der Waals surface area contributed by atoms with Gasteiger partial charge in [0.25, 0.3) is 0 Å². The summed E-state index contributed by atoms with van der Waals surface area (Å²) >= 11 is 5.57. The van der Waals surface area contributed by atoms with Crippen LogP contribution in [-0.2, 0) is 11.3 Å². The fourth-order valence-corrected chi connectivity index (χ4v) is 3.18. The highest BCUT2D eigenvalue weighted by atomic mass is 35.5. The number of pyridine rings is 1. The van der Waals surface area contributed by atoms with Crippen LogP contribution in [0.25, 0.3) is 0 Å². The standard InChI is InChI=1S/C19H19ClFN3O3/c20-18-15(21)16(22)14(10-23-18)17(25)13-6-8-24(9-7-13)19(26)27-11-12-4-2-1-3-5-12/h1-5,10,13H,6-9,11H2,(H2,22,23). The number of likely N-dealkylation sites (tertiary alicyclic amines) is 1. The van der Waals surface area contributed by atoms with Gasteiger partial charge in [-0.2, -0.15) is 0 Å². The number of Topliss-reactive ketones (excluding diaryl/α,β-unsaturated/α-hetero) is 1. The highest BCUT2D eigenvalue weighted by Crippen LogP contribution is 2.28. The molecule has 1 saturated heterocycles. The van der Waals surface area contributed by atoms with Gasteiger partial charge in [0.05, 0.1) is 11.3 Å². The maximum Gasteiger partial charge on any atom is 0.410 e. The van der Waals surface area contributed by atoms with Crippen LogP contribution in [0.4, 0.5) is 14.9 Å². The van der Waals surface area contributed by atoms with Crippen molar-refractivity contribution >= 4 is 29.2 Å². The minimum Gasteiger partial charge on any atom is -0.445 e. The van der Waals surface area contributed by atoms with E-state index in [1.165, 1.54) is 6.20 Å². The van der Waals surface area contributed by atoms with Gasteiger partial charge in [-0.3, -0.25) is 4.79 Å². The molecule has 142 valence electrons. The Labute approximate surface area is 161 Å². The lowest BCUT2D eigenvalue weighted by molar-refractivity contribution is 0.0713. The number of carbonyl (C=O) groups is 2. The van der Waals surface area contributed by atoms with Gasteiger partial charge in [-0.1, -0.05) is 41.9 Å². The Bertz CT molecular complexity index is 840. The average Bonchev–Trinajstić information content (AvgIpc) is 2.71. The maximum absolute atomic E-state index is 13.8. The minimum atomic E-state index is -0.885. The van der Waals surface area contributed by atoms with E-state index in [1.807, 2.05) is 30.3 Å². The molecule has 1 amide bonds. The Hall–Kier alpha value is -2.67. The van der Waals surface area contributed by atoms with Crippen LogP contribution in [0.1, 0.15) is 28.8 Å². The highest BCUT2D eigenvalue weighted by molar-refractivity contribution is 6.30. The number of ketones is 1. The summed E-state index contributed by atoms with van der Waals surface area (Å²) in [6.45, 7) is 0.964. The number of nitrogens with two attached hydrogens (primary N) is 1. The van der Waals surface area contributed by atoms with Gasteiger partial charge >= 0.3 is 6.09 Å². The Morgan fingerprint density at radius 1 is 1.26 bits per heavy atom. The number of halogens is 2. The molecule has 2 heterocycles. The lowest BCUT2D eigenvalue weighted by atomic mass is 9.89. The van der Waals surface area contributed by atoms with Gasteiger partial charge in [-0.25, -0.2) is 14.2 Å². The molecule has 1 aromatic carbocycles. The van der Waals surface area contributed by atoms with Crippen LogP contribution in [0.2, 0.25) is 5.15 Å². The van der Waals surface area contributed by atoms with Crippen LogP contribution in [0.3, 0.4) is 0 Å². The van der Waals surface area contributed by atoms with Crippen LogP contribution in [-0.4, -0.2) is 34.8 Å². The molecule has 3 rings (SSSR count). The maximum atomic E-state index is 13.8. The third-order valence-corrected chi connectivity index (χ3v) is 4.87. The monoisotopic (exact) mass is 391 g/mol. The van der Waals surface area contributed by atoms with E-state index in [-0.39, 0.29) is 34.7 Å². The lowest BCUT2D eigenvalue weighted by Gasteiger charge is -2.30. The summed E-state index contributed by atoms with van der Waals surface area (Å²) < 4.78 is 19.1. The first kappa shape index (κ1) is 19.1. The number of hydrogen-bond donors (Lipinski definition) is 1. The fourth-order valence-electron chi connectivity index (χ4n) is 3.03. The zero-order valence-corrected chi connectivity index (χ0v) is 15.3. The molecule has 2 aromatic rings. The molecule has 0 atom stereocenters. The number of ether oxygens (including phenoxy) is 1. The van der Waals surface area contributed by atoms with E-state index in [4.69, 9.17) is 22.1 Å². The number of nitrogen functional groups attached to an aromatic ring is 1. The van der Waals surface area contributed by atoms with Gasteiger partial charge in [0, 0.05) is 25.2 Å². The molecular formula is C19H19ClFN3O3. The molecule has 27 heavy (non-hydrogen) atoms. The van der Waals surface area contributed by atoms with E-state index >= 15 is 0 Å². The van der Waals surface area contributed by atoms with E-state index in [2.05, 4.69) is 4.98 Å². The van der Waals surface area contributed by atoms with Crippen molar-refractivity contribution in [3.05, 3.63) is 58.6 Å². The lowest BCUT2D eigenvalue weighted by Crippen LogP contribution is -2.40. The number of carbonyl (C=O) groups excluding carboxylic acids is 2. The fraction of sp³-hybridized carbons (Fsp3) is 0.316. The van der Waals surface area contributed by atoms with Crippen molar-refractivity contribution in [1.82, 2.24) is 9.88 Å². The summed E-state index contributed by atoms with van der Waals surface area (Å²) in [7, 11) is 0. The number of anilines is 1. The van der Waals surface area contributed by atoms with Gasteiger partial charge in [0.2, 0.25) is 0 Å². The van der Waals surface area contributed by atoms with Crippen LogP contribution in [0.15, 0.2) is 36.5 Å². The van der Waals surface area contributed by atoms with Gasteiger partial charge < -0.3 is 15.4 Å². The highest BCUT2D eigenvalue weighted by Gasteiger charge is 2.30. The Morgan fingerprint density at radius 2 is 1.93 bits per heavy atom. The Kier molecular flexibility index (Phi) is 5.91. The quantitative estimate of drug-likeness (QED) is 0.634. The van der Waals surface area contributed by atoms with E-state index in [0.717, 1.165) is 5.56 Å².